The Hall–Kier alpha value is -1.35. The van der Waals surface area contributed by atoms with E-state index in [1.807, 2.05) is 12.1 Å². The van der Waals surface area contributed by atoms with E-state index >= 15 is 0 Å². The third kappa shape index (κ3) is 4.35. The molecule has 0 spiro atoms. The van der Waals surface area contributed by atoms with E-state index in [1.165, 1.54) is 11.1 Å². The van der Waals surface area contributed by atoms with Gasteiger partial charge in [0.05, 0.1) is 6.61 Å². The molecule has 3 nitrogen and oxygen atoms in total. The molecule has 3 heteroatoms. The molecule has 1 saturated heterocycles. The second-order valence-corrected chi connectivity index (χ2v) is 5.41. The van der Waals surface area contributed by atoms with Gasteiger partial charge in [0.25, 0.3) is 0 Å². The molecule has 1 aliphatic rings. The number of ether oxygens (including phenoxy) is 1. The summed E-state index contributed by atoms with van der Waals surface area (Å²) < 4.78 is 5.69. The van der Waals surface area contributed by atoms with Gasteiger partial charge in [0.2, 0.25) is 0 Å². The first-order valence-electron chi connectivity index (χ1n) is 7.09. The van der Waals surface area contributed by atoms with E-state index in [9.17, 15) is 4.79 Å². The van der Waals surface area contributed by atoms with Crippen LogP contribution in [0.3, 0.4) is 0 Å². The van der Waals surface area contributed by atoms with Gasteiger partial charge in [-0.2, -0.15) is 0 Å². The van der Waals surface area contributed by atoms with Gasteiger partial charge >= 0.3 is 0 Å². The number of carbonyl (C=O) groups is 1. The molecular weight excluding hydrogens is 238 g/mol. The monoisotopic (exact) mass is 261 g/mol. The number of hydrogen-bond donors (Lipinski definition) is 1. The van der Waals surface area contributed by atoms with Crippen molar-refractivity contribution in [2.24, 2.45) is 5.92 Å². The predicted molar refractivity (Wildman–Crippen MR) is 76.6 cm³/mol. The summed E-state index contributed by atoms with van der Waals surface area (Å²) in [4.78, 5) is 12.0. The van der Waals surface area contributed by atoms with Gasteiger partial charge in [-0.15, -0.1) is 0 Å². The second-order valence-electron chi connectivity index (χ2n) is 5.41. The Morgan fingerprint density at radius 1 is 1.21 bits per heavy atom. The number of nitrogens with one attached hydrogen (secondary N) is 1. The van der Waals surface area contributed by atoms with Crippen LogP contribution in [0.5, 0.6) is 5.75 Å². The maximum Gasteiger partial charge on any atom is 0.139 e. The minimum atomic E-state index is 0.240. The first kappa shape index (κ1) is 14.1. The molecule has 2 rings (SSSR count). The van der Waals surface area contributed by atoms with E-state index < -0.39 is 0 Å². The minimum Gasteiger partial charge on any atom is -0.493 e. The average Bonchev–Trinajstić information content (AvgIpc) is 2.38. The lowest BCUT2D eigenvalue weighted by molar-refractivity contribution is -0.124. The van der Waals surface area contributed by atoms with E-state index in [-0.39, 0.29) is 5.92 Å². The van der Waals surface area contributed by atoms with Crippen LogP contribution in [0, 0.1) is 19.8 Å². The summed E-state index contributed by atoms with van der Waals surface area (Å²) in [5, 5.41) is 3.28. The number of hydrogen-bond acceptors (Lipinski definition) is 3. The molecule has 0 saturated carbocycles. The molecule has 0 aliphatic carbocycles. The average molecular weight is 261 g/mol. The van der Waals surface area contributed by atoms with E-state index in [4.69, 9.17) is 4.74 Å². The fraction of sp³-hybridized carbons (Fsp3) is 0.562. The van der Waals surface area contributed by atoms with Crippen LogP contribution in [-0.2, 0) is 4.79 Å². The predicted octanol–water partition coefficient (Wildman–Crippen LogP) is 2.64. The number of piperidine rings is 1. The molecule has 1 N–H and O–H groups in total. The first-order valence-corrected chi connectivity index (χ1v) is 7.09. The van der Waals surface area contributed by atoms with Crippen molar-refractivity contribution in [2.45, 2.75) is 33.1 Å². The molecular formula is C16H23NO2. The molecule has 104 valence electrons. The van der Waals surface area contributed by atoms with Crippen LogP contribution in [0.4, 0.5) is 0 Å². The molecule has 1 heterocycles. The molecule has 0 amide bonds. The smallest absolute Gasteiger partial charge is 0.139 e. The Morgan fingerprint density at radius 2 is 1.84 bits per heavy atom. The summed E-state index contributed by atoms with van der Waals surface area (Å²) in [7, 11) is 0. The zero-order valence-electron chi connectivity index (χ0n) is 11.9. The number of aryl methyl sites for hydroxylation is 2. The minimum absolute atomic E-state index is 0.240. The van der Waals surface area contributed by atoms with Crippen molar-refractivity contribution < 1.29 is 9.53 Å². The molecule has 1 aromatic rings. The van der Waals surface area contributed by atoms with Crippen molar-refractivity contribution in [3.05, 3.63) is 29.3 Å². The molecule has 0 unspecified atom stereocenters. The fourth-order valence-electron chi connectivity index (χ4n) is 2.63. The molecule has 1 aromatic carbocycles. The van der Waals surface area contributed by atoms with Crippen molar-refractivity contribution in [2.75, 3.05) is 19.7 Å². The Kier molecular flexibility index (Phi) is 4.97. The zero-order chi connectivity index (χ0) is 13.7. The number of benzene rings is 1. The first-order chi connectivity index (χ1) is 9.15. The lowest BCUT2D eigenvalue weighted by atomic mass is 9.92. The van der Waals surface area contributed by atoms with Crippen molar-refractivity contribution in [3.8, 4) is 5.75 Å². The van der Waals surface area contributed by atoms with Crippen LogP contribution in [0.25, 0.3) is 0 Å². The van der Waals surface area contributed by atoms with E-state index in [1.54, 1.807) is 0 Å². The summed E-state index contributed by atoms with van der Waals surface area (Å²) in [5.74, 6) is 1.46. The summed E-state index contributed by atoms with van der Waals surface area (Å²) in [6, 6.07) is 6.15. The van der Waals surface area contributed by atoms with Crippen LogP contribution >= 0.6 is 0 Å². The summed E-state index contributed by atoms with van der Waals surface area (Å²) in [6.45, 7) is 6.54. The number of ketones is 1. The van der Waals surface area contributed by atoms with Crippen molar-refractivity contribution in [1.29, 1.82) is 0 Å². The van der Waals surface area contributed by atoms with E-state index in [2.05, 4.69) is 25.2 Å². The topological polar surface area (TPSA) is 38.3 Å². The van der Waals surface area contributed by atoms with Crippen molar-refractivity contribution in [3.63, 3.8) is 0 Å². The summed E-state index contributed by atoms with van der Waals surface area (Å²) in [5.41, 5.74) is 2.39. The third-order valence-corrected chi connectivity index (χ3v) is 3.61. The van der Waals surface area contributed by atoms with E-state index in [0.29, 0.717) is 18.8 Å². The molecule has 0 bridgehead atoms. The van der Waals surface area contributed by atoms with Gasteiger partial charge < -0.3 is 10.1 Å². The van der Waals surface area contributed by atoms with Gasteiger partial charge in [-0.3, -0.25) is 4.79 Å². The molecule has 19 heavy (non-hydrogen) atoms. The molecule has 0 atom stereocenters. The van der Waals surface area contributed by atoms with Gasteiger partial charge in [-0.05, 0) is 63.0 Å². The lowest BCUT2D eigenvalue weighted by Gasteiger charge is -2.21. The van der Waals surface area contributed by atoms with Gasteiger partial charge in [-0.1, -0.05) is 6.07 Å². The quantitative estimate of drug-likeness (QED) is 0.885. The zero-order valence-corrected chi connectivity index (χ0v) is 11.9. The molecule has 0 radical (unpaired) electrons. The standard InChI is InChI=1S/C16H23NO2/c1-12-9-13(2)11-15(10-12)19-8-5-16(18)14-3-6-17-7-4-14/h9-11,14,17H,3-8H2,1-2H3. The van der Waals surface area contributed by atoms with Gasteiger partial charge in [0.15, 0.2) is 0 Å². The Morgan fingerprint density at radius 3 is 2.47 bits per heavy atom. The molecule has 1 fully saturated rings. The third-order valence-electron chi connectivity index (χ3n) is 3.61. The maximum absolute atomic E-state index is 12.0. The van der Waals surface area contributed by atoms with Crippen LogP contribution in [0.2, 0.25) is 0 Å². The highest BCUT2D eigenvalue weighted by Gasteiger charge is 2.20. The lowest BCUT2D eigenvalue weighted by Crippen LogP contribution is -2.32. The van der Waals surface area contributed by atoms with Crippen LogP contribution in [-0.4, -0.2) is 25.5 Å². The highest BCUT2D eigenvalue weighted by molar-refractivity contribution is 5.81. The largest absolute Gasteiger partial charge is 0.493 e. The molecule has 1 aliphatic heterocycles. The van der Waals surface area contributed by atoms with Crippen LogP contribution < -0.4 is 10.1 Å². The SMILES string of the molecule is Cc1cc(C)cc(OCCC(=O)C2CCNCC2)c1. The number of rotatable bonds is 5. The van der Waals surface area contributed by atoms with Crippen molar-refractivity contribution in [1.82, 2.24) is 5.32 Å². The van der Waals surface area contributed by atoms with Crippen LogP contribution in [0.1, 0.15) is 30.4 Å². The van der Waals surface area contributed by atoms with Gasteiger partial charge in [0.1, 0.15) is 11.5 Å². The molecule has 0 aromatic heterocycles. The second kappa shape index (κ2) is 6.71. The maximum atomic E-state index is 12.0. The van der Waals surface area contributed by atoms with Crippen molar-refractivity contribution >= 4 is 5.78 Å². The fourth-order valence-corrected chi connectivity index (χ4v) is 2.63. The summed E-state index contributed by atoms with van der Waals surface area (Å²) >= 11 is 0. The van der Waals surface area contributed by atoms with Crippen LogP contribution in [0.15, 0.2) is 18.2 Å². The number of Topliss-reactive ketones (excluding diaryl/α,β-unsaturated/α-hetero) is 1. The highest BCUT2D eigenvalue weighted by atomic mass is 16.5. The normalized spacial score (nSPS) is 16.3. The Balaban J connectivity index is 1.77. The van der Waals surface area contributed by atoms with Gasteiger partial charge in [0, 0.05) is 12.3 Å². The Bertz CT molecular complexity index is 416. The van der Waals surface area contributed by atoms with E-state index in [0.717, 1.165) is 31.7 Å². The van der Waals surface area contributed by atoms with Gasteiger partial charge in [-0.25, -0.2) is 0 Å². The highest BCUT2D eigenvalue weighted by Crippen LogP contribution is 2.18. The Labute approximate surface area is 115 Å². The summed E-state index contributed by atoms with van der Waals surface area (Å²) in [6.07, 6.45) is 2.47. The number of carbonyl (C=O) groups excluding carboxylic acids is 1.